The molecule has 23 heavy (non-hydrogen) atoms. The minimum Gasteiger partial charge on any atom is -0.294 e. The Morgan fingerprint density at radius 1 is 0.913 bits per heavy atom. The maximum Gasteiger partial charge on any atom is 0.279 e. The van der Waals surface area contributed by atoms with E-state index in [1.807, 2.05) is 61.5 Å². The Hall–Kier alpha value is -2.55. The van der Waals surface area contributed by atoms with Gasteiger partial charge in [0, 0.05) is 5.41 Å². The summed E-state index contributed by atoms with van der Waals surface area (Å²) in [5, 5.41) is 3.35. The van der Waals surface area contributed by atoms with Crippen LogP contribution in [0.5, 0.6) is 0 Å². The first-order valence-electron chi connectivity index (χ1n) is 7.86. The number of hydrogen-bond donors (Lipinski definition) is 1. The smallest absolute Gasteiger partial charge is 0.279 e. The van der Waals surface area contributed by atoms with Crippen LogP contribution in [0.1, 0.15) is 32.0 Å². The van der Waals surface area contributed by atoms with Crippen molar-refractivity contribution < 1.29 is 0 Å². The molecule has 0 saturated carbocycles. The van der Waals surface area contributed by atoms with E-state index >= 15 is 0 Å². The molecule has 3 aromatic rings. The summed E-state index contributed by atoms with van der Waals surface area (Å²) in [6, 6.07) is 17.8. The van der Waals surface area contributed by atoms with Crippen molar-refractivity contribution >= 4 is 0 Å². The first-order valence-corrected chi connectivity index (χ1v) is 7.86. The van der Waals surface area contributed by atoms with Gasteiger partial charge in [-0.1, -0.05) is 69.3 Å². The molecule has 1 N–H and O–H groups in total. The fourth-order valence-electron chi connectivity index (χ4n) is 2.84. The van der Waals surface area contributed by atoms with E-state index in [0.717, 1.165) is 28.1 Å². The quantitative estimate of drug-likeness (QED) is 0.747. The van der Waals surface area contributed by atoms with E-state index in [4.69, 9.17) is 0 Å². The molecule has 0 amide bonds. The van der Waals surface area contributed by atoms with E-state index in [2.05, 4.69) is 25.9 Å². The molecule has 1 aromatic heterocycles. The van der Waals surface area contributed by atoms with Gasteiger partial charge in [-0.15, -0.1) is 0 Å². The van der Waals surface area contributed by atoms with Crippen molar-refractivity contribution in [3.63, 3.8) is 0 Å². The number of hydrogen-bond acceptors (Lipinski definition) is 1. The van der Waals surface area contributed by atoms with Crippen LogP contribution in [-0.2, 0) is 5.41 Å². The maximum atomic E-state index is 13.1. The lowest BCUT2D eigenvalue weighted by atomic mass is 9.87. The molecule has 0 spiro atoms. The van der Waals surface area contributed by atoms with Crippen LogP contribution < -0.4 is 5.56 Å². The third kappa shape index (κ3) is 2.74. The average Bonchev–Trinajstić information content (AvgIpc) is 2.86. The lowest BCUT2D eigenvalue weighted by Crippen LogP contribution is -2.16. The highest BCUT2D eigenvalue weighted by Crippen LogP contribution is 2.30. The van der Waals surface area contributed by atoms with Gasteiger partial charge in [-0.25, -0.2) is 4.68 Å². The summed E-state index contributed by atoms with van der Waals surface area (Å²) >= 11 is 0. The first kappa shape index (κ1) is 15.3. The maximum absolute atomic E-state index is 13.1. The van der Waals surface area contributed by atoms with Gasteiger partial charge in [0.25, 0.3) is 5.56 Å². The van der Waals surface area contributed by atoms with Gasteiger partial charge in [-0.05, 0) is 24.1 Å². The Labute approximate surface area is 136 Å². The Morgan fingerprint density at radius 3 is 2.13 bits per heavy atom. The zero-order valence-electron chi connectivity index (χ0n) is 14.1. The highest BCUT2D eigenvalue weighted by atomic mass is 16.1. The molecule has 0 radical (unpaired) electrons. The number of nitrogens with one attached hydrogen (secondary N) is 1. The summed E-state index contributed by atoms with van der Waals surface area (Å²) < 4.78 is 1.66. The lowest BCUT2D eigenvalue weighted by Gasteiger charge is -2.18. The number of aromatic nitrogens is 2. The Morgan fingerprint density at radius 2 is 1.52 bits per heavy atom. The summed E-state index contributed by atoms with van der Waals surface area (Å²) in [5.74, 6) is 0. The van der Waals surface area contributed by atoms with Crippen molar-refractivity contribution in [2.75, 3.05) is 0 Å². The van der Waals surface area contributed by atoms with Crippen molar-refractivity contribution in [3.05, 3.63) is 76.2 Å². The summed E-state index contributed by atoms with van der Waals surface area (Å²) in [6.07, 6.45) is 0. The number of H-pyrrole nitrogens is 1. The van der Waals surface area contributed by atoms with Gasteiger partial charge in [0.05, 0.1) is 16.9 Å². The Balaban J connectivity index is 2.32. The number of nitrogens with zero attached hydrogens (tertiary/aromatic N) is 1. The summed E-state index contributed by atoms with van der Waals surface area (Å²) in [5.41, 5.74) is 4.46. The van der Waals surface area contributed by atoms with Gasteiger partial charge in [0.2, 0.25) is 0 Å². The Kier molecular flexibility index (Phi) is 3.72. The zero-order chi connectivity index (χ0) is 16.6. The molecule has 0 aliphatic rings. The molecule has 0 bridgehead atoms. The molecule has 3 heteroatoms. The molecular formula is C20H22N2O. The van der Waals surface area contributed by atoms with Crippen molar-refractivity contribution in [2.45, 2.75) is 33.1 Å². The fraction of sp³-hybridized carbons (Fsp3) is 0.250. The minimum absolute atomic E-state index is 0.00424. The van der Waals surface area contributed by atoms with Crippen LogP contribution in [0, 0.1) is 6.92 Å². The van der Waals surface area contributed by atoms with E-state index in [0.29, 0.717) is 0 Å². The summed E-state index contributed by atoms with van der Waals surface area (Å²) in [6.45, 7) is 8.37. The molecule has 3 nitrogen and oxygen atoms in total. The van der Waals surface area contributed by atoms with Crippen molar-refractivity contribution in [1.29, 1.82) is 0 Å². The van der Waals surface area contributed by atoms with E-state index < -0.39 is 0 Å². The topological polar surface area (TPSA) is 37.8 Å². The molecule has 1 heterocycles. The average molecular weight is 306 g/mol. The second kappa shape index (κ2) is 5.58. The number of benzene rings is 2. The van der Waals surface area contributed by atoms with Crippen LogP contribution in [-0.4, -0.2) is 9.78 Å². The zero-order valence-corrected chi connectivity index (χ0v) is 14.1. The molecule has 0 saturated heterocycles. The Bertz CT molecular complexity index is 880. The van der Waals surface area contributed by atoms with Crippen molar-refractivity contribution in [3.8, 4) is 16.8 Å². The van der Waals surface area contributed by atoms with Crippen LogP contribution >= 0.6 is 0 Å². The van der Waals surface area contributed by atoms with Crippen LogP contribution in [0.2, 0.25) is 0 Å². The van der Waals surface area contributed by atoms with Crippen LogP contribution in [0.25, 0.3) is 16.8 Å². The molecule has 118 valence electrons. The van der Waals surface area contributed by atoms with E-state index in [1.54, 1.807) is 4.68 Å². The molecule has 3 rings (SSSR count). The predicted molar refractivity (Wildman–Crippen MR) is 95.3 cm³/mol. The number of aromatic amines is 1. The van der Waals surface area contributed by atoms with Gasteiger partial charge in [-0.3, -0.25) is 9.89 Å². The van der Waals surface area contributed by atoms with Crippen LogP contribution in [0.15, 0.2) is 59.4 Å². The van der Waals surface area contributed by atoms with Gasteiger partial charge in [0.1, 0.15) is 0 Å². The van der Waals surface area contributed by atoms with E-state index in [1.165, 1.54) is 0 Å². The van der Waals surface area contributed by atoms with E-state index in [-0.39, 0.29) is 11.0 Å². The standard InChI is InChI=1S/C20H22N2O/c1-14-10-8-9-13-16(14)22-19(23)17(15-11-6-5-7-12-15)18(21-22)20(2,3)4/h5-13,21H,1-4H3. The van der Waals surface area contributed by atoms with Crippen LogP contribution in [0.4, 0.5) is 0 Å². The van der Waals surface area contributed by atoms with Crippen LogP contribution in [0.3, 0.4) is 0 Å². The van der Waals surface area contributed by atoms with Crippen molar-refractivity contribution in [2.24, 2.45) is 0 Å². The fourth-order valence-corrected chi connectivity index (χ4v) is 2.84. The second-order valence-corrected chi connectivity index (χ2v) is 6.90. The molecule has 0 aliphatic heterocycles. The van der Waals surface area contributed by atoms with Gasteiger partial charge in [-0.2, -0.15) is 0 Å². The molecule has 0 fully saturated rings. The highest BCUT2D eigenvalue weighted by Gasteiger charge is 2.26. The lowest BCUT2D eigenvalue weighted by molar-refractivity contribution is 0.561. The normalized spacial score (nSPS) is 11.7. The number of rotatable bonds is 2. The largest absolute Gasteiger partial charge is 0.294 e. The predicted octanol–water partition coefficient (Wildman–Crippen LogP) is 4.44. The van der Waals surface area contributed by atoms with Gasteiger partial charge in [0.15, 0.2) is 0 Å². The summed E-state index contributed by atoms with van der Waals surface area (Å²) in [7, 11) is 0. The van der Waals surface area contributed by atoms with Gasteiger partial charge < -0.3 is 0 Å². The van der Waals surface area contributed by atoms with Crippen molar-refractivity contribution in [1.82, 2.24) is 9.78 Å². The molecule has 0 aliphatic carbocycles. The SMILES string of the molecule is Cc1ccccc1-n1[nH]c(C(C)(C)C)c(-c2ccccc2)c1=O. The third-order valence-electron chi connectivity index (χ3n) is 4.06. The minimum atomic E-state index is -0.154. The third-order valence-corrected chi connectivity index (χ3v) is 4.06. The van der Waals surface area contributed by atoms with Gasteiger partial charge >= 0.3 is 0 Å². The number of aryl methyl sites for hydroxylation is 1. The monoisotopic (exact) mass is 306 g/mol. The molecule has 2 aromatic carbocycles. The second-order valence-electron chi connectivity index (χ2n) is 6.90. The van der Waals surface area contributed by atoms with E-state index in [9.17, 15) is 4.79 Å². The molecule has 0 unspecified atom stereocenters. The number of para-hydroxylation sites is 1. The highest BCUT2D eigenvalue weighted by molar-refractivity contribution is 5.67. The summed E-state index contributed by atoms with van der Waals surface area (Å²) in [4.78, 5) is 13.1. The molecular weight excluding hydrogens is 284 g/mol. The first-order chi connectivity index (χ1) is 10.9. The molecule has 0 atom stereocenters.